The van der Waals surface area contributed by atoms with Crippen molar-refractivity contribution in [3.63, 3.8) is 0 Å². The second-order valence-electron chi connectivity index (χ2n) is 6.22. The number of amides is 2. The van der Waals surface area contributed by atoms with Crippen molar-refractivity contribution in [2.24, 2.45) is 23.3 Å². The van der Waals surface area contributed by atoms with Crippen molar-refractivity contribution in [1.29, 1.82) is 5.41 Å². The van der Waals surface area contributed by atoms with Gasteiger partial charge in [-0.15, -0.1) is 24.8 Å². The highest BCUT2D eigenvalue weighted by Crippen LogP contribution is 2.20. The van der Waals surface area contributed by atoms with Crippen LogP contribution in [-0.4, -0.2) is 54.9 Å². The highest BCUT2D eigenvalue weighted by Gasteiger charge is 2.32. The van der Waals surface area contributed by atoms with E-state index in [9.17, 15) is 9.59 Å². The van der Waals surface area contributed by atoms with Gasteiger partial charge in [0, 0.05) is 20.1 Å². The molecule has 1 fully saturated rings. The van der Waals surface area contributed by atoms with Gasteiger partial charge < -0.3 is 27.0 Å². The van der Waals surface area contributed by atoms with Crippen LogP contribution in [0.2, 0.25) is 0 Å². The third-order valence-electron chi connectivity index (χ3n) is 4.73. The lowest BCUT2D eigenvalue weighted by atomic mass is 9.88. The molecule has 25 heavy (non-hydrogen) atoms. The Labute approximate surface area is 162 Å². The molecule has 0 saturated carbocycles. The van der Waals surface area contributed by atoms with Crippen molar-refractivity contribution in [2.45, 2.75) is 45.2 Å². The summed E-state index contributed by atoms with van der Waals surface area (Å²) in [5, 5.41) is 12.8. The number of carbonyl (C=O) groups is 2. The van der Waals surface area contributed by atoms with Crippen LogP contribution >= 0.6 is 24.8 Å². The number of carbonyl (C=O) groups excluding carboxylic acids is 2. The molecule has 1 saturated heterocycles. The Morgan fingerprint density at radius 3 is 2.16 bits per heavy atom. The summed E-state index contributed by atoms with van der Waals surface area (Å²) in [6, 6.07) is -1.22. The Kier molecular flexibility index (Phi) is 12.6. The first-order valence-electron chi connectivity index (χ1n) is 8.18. The number of hydrogen-bond donors (Lipinski definition) is 5. The molecule has 1 unspecified atom stereocenters. The van der Waals surface area contributed by atoms with Gasteiger partial charge in [0.1, 0.15) is 6.04 Å². The molecular weight excluding hydrogens is 367 g/mol. The Morgan fingerprint density at radius 2 is 1.76 bits per heavy atom. The number of likely N-dealkylation sites (tertiary alicyclic amines) is 1. The fourth-order valence-electron chi connectivity index (χ4n) is 2.82. The quantitative estimate of drug-likeness (QED) is 0.317. The number of rotatable bonds is 6. The van der Waals surface area contributed by atoms with Crippen LogP contribution in [0.5, 0.6) is 0 Å². The van der Waals surface area contributed by atoms with E-state index in [1.807, 2.05) is 13.8 Å². The molecule has 0 aliphatic carbocycles. The number of guanidine groups is 1. The van der Waals surface area contributed by atoms with E-state index in [-0.39, 0.29) is 54.4 Å². The minimum atomic E-state index is -0.652. The summed E-state index contributed by atoms with van der Waals surface area (Å²) >= 11 is 0. The average molecular weight is 399 g/mol. The molecule has 7 N–H and O–H groups in total. The molecule has 1 heterocycles. The van der Waals surface area contributed by atoms with Gasteiger partial charge in [-0.1, -0.05) is 20.3 Å². The number of likely N-dealkylation sites (N-methyl/N-ethyl adjacent to an activating group) is 1. The molecule has 0 aromatic rings. The smallest absolute Gasteiger partial charge is 0.242 e. The zero-order chi connectivity index (χ0) is 17.6. The zero-order valence-corrected chi connectivity index (χ0v) is 16.7. The van der Waals surface area contributed by atoms with Crippen molar-refractivity contribution in [3.8, 4) is 0 Å². The molecule has 2 amide bonds. The SMILES string of the molecule is CC[C@H](C)[C@H](NC(=O)C(N)C1CCN(C(=N)N)CC1)C(=O)NC.Cl.Cl. The lowest BCUT2D eigenvalue weighted by Gasteiger charge is -2.35. The van der Waals surface area contributed by atoms with Crippen LogP contribution in [0.3, 0.4) is 0 Å². The van der Waals surface area contributed by atoms with E-state index in [4.69, 9.17) is 16.9 Å². The fourth-order valence-corrected chi connectivity index (χ4v) is 2.82. The number of nitrogens with two attached hydrogens (primary N) is 2. The first kappa shape index (κ1) is 26.0. The van der Waals surface area contributed by atoms with Gasteiger partial charge in [-0.2, -0.15) is 0 Å². The zero-order valence-electron chi connectivity index (χ0n) is 15.1. The second kappa shape index (κ2) is 12.2. The van der Waals surface area contributed by atoms with E-state index in [1.165, 1.54) is 0 Å². The van der Waals surface area contributed by atoms with E-state index in [0.717, 1.165) is 6.42 Å². The molecule has 1 aliphatic heterocycles. The van der Waals surface area contributed by atoms with Crippen molar-refractivity contribution in [3.05, 3.63) is 0 Å². The first-order valence-corrected chi connectivity index (χ1v) is 8.18. The molecule has 10 heteroatoms. The Morgan fingerprint density at radius 1 is 1.24 bits per heavy atom. The van der Waals surface area contributed by atoms with Crippen LogP contribution in [0.1, 0.15) is 33.1 Å². The van der Waals surface area contributed by atoms with Crippen molar-refractivity contribution in [1.82, 2.24) is 15.5 Å². The molecular formula is C15H32Cl2N6O2. The third kappa shape index (κ3) is 7.25. The molecule has 0 bridgehead atoms. The predicted molar refractivity (Wildman–Crippen MR) is 104 cm³/mol. The van der Waals surface area contributed by atoms with E-state index in [2.05, 4.69) is 10.6 Å². The largest absolute Gasteiger partial charge is 0.370 e. The highest BCUT2D eigenvalue weighted by molar-refractivity contribution is 5.90. The first-order chi connectivity index (χ1) is 10.8. The van der Waals surface area contributed by atoms with Crippen LogP contribution in [0.4, 0.5) is 0 Å². The Hall–Kier alpha value is -1.25. The van der Waals surface area contributed by atoms with Crippen molar-refractivity contribution >= 4 is 42.6 Å². The van der Waals surface area contributed by atoms with E-state index in [0.29, 0.717) is 25.9 Å². The normalized spacial score (nSPS) is 18.0. The maximum Gasteiger partial charge on any atom is 0.242 e. The van der Waals surface area contributed by atoms with E-state index < -0.39 is 12.1 Å². The maximum absolute atomic E-state index is 12.4. The summed E-state index contributed by atoms with van der Waals surface area (Å²) < 4.78 is 0. The minimum Gasteiger partial charge on any atom is -0.370 e. The van der Waals surface area contributed by atoms with Crippen LogP contribution < -0.4 is 22.1 Å². The molecule has 0 aromatic carbocycles. The summed E-state index contributed by atoms with van der Waals surface area (Å²) in [6.45, 7) is 5.16. The topological polar surface area (TPSA) is 137 Å². The molecule has 148 valence electrons. The van der Waals surface area contributed by atoms with Crippen LogP contribution in [0, 0.1) is 17.2 Å². The van der Waals surface area contributed by atoms with Gasteiger partial charge in [-0.3, -0.25) is 15.0 Å². The number of hydrogen-bond acceptors (Lipinski definition) is 4. The lowest BCUT2D eigenvalue weighted by Crippen LogP contribution is -2.56. The van der Waals surface area contributed by atoms with Gasteiger partial charge in [-0.25, -0.2) is 0 Å². The summed E-state index contributed by atoms with van der Waals surface area (Å²) in [5.74, 6) is -0.372. The minimum absolute atomic E-state index is 0. The summed E-state index contributed by atoms with van der Waals surface area (Å²) in [7, 11) is 1.56. The highest BCUT2D eigenvalue weighted by atomic mass is 35.5. The molecule has 3 atom stereocenters. The van der Waals surface area contributed by atoms with E-state index in [1.54, 1.807) is 11.9 Å². The van der Waals surface area contributed by atoms with Crippen molar-refractivity contribution in [2.75, 3.05) is 20.1 Å². The molecule has 8 nitrogen and oxygen atoms in total. The average Bonchev–Trinajstić information content (AvgIpc) is 2.57. The molecule has 0 radical (unpaired) electrons. The fraction of sp³-hybridized carbons (Fsp3) is 0.800. The number of nitrogens with zero attached hydrogens (tertiary/aromatic N) is 1. The summed E-state index contributed by atoms with van der Waals surface area (Å²) in [5.41, 5.74) is 11.6. The molecule has 1 rings (SSSR count). The monoisotopic (exact) mass is 398 g/mol. The van der Waals surface area contributed by atoms with Gasteiger partial charge in [0.2, 0.25) is 11.8 Å². The summed E-state index contributed by atoms with van der Waals surface area (Å²) in [6.07, 6.45) is 2.20. The van der Waals surface area contributed by atoms with Gasteiger partial charge in [0.25, 0.3) is 0 Å². The maximum atomic E-state index is 12.4. The third-order valence-corrected chi connectivity index (χ3v) is 4.73. The van der Waals surface area contributed by atoms with Gasteiger partial charge in [0.15, 0.2) is 5.96 Å². The number of halogens is 2. The number of nitrogens with one attached hydrogen (secondary N) is 3. The van der Waals surface area contributed by atoms with E-state index >= 15 is 0 Å². The molecule has 1 aliphatic rings. The Balaban J connectivity index is 0. The summed E-state index contributed by atoms with van der Waals surface area (Å²) in [4.78, 5) is 26.1. The van der Waals surface area contributed by atoms with Crippen molar-refractivity contribution < 1.29 is 9.59 Å². The van der Waals surface area contributed by atoms with Gasteiger partial charge in [-0.05, 0) is 24.7 Å². The lowest BCUT2D eigenvalue weighted by molar-refractivity contribution is -0.131. The van der Waals surface area contributed by atoms with Gasteiger partial charge in [0.05, 0.1) is 6.04 Å². The molecule has 0 aromatic heterocycles. The second-order valence-corrected chi connectivity index (χ2v) is 6.22. The predicted octanol–water partition coefficient (Wildman–Crippen LogP) is 0.0397. The van der Waals surface area contributed by atoms with Crippen LogP contribution in [0.15, 0.2) is 0 Å². The Bertz CT molecular complexity index is 444. The standard InChI is InChI=1S/C15H30N6O2.2ClH/c1-4-9(2)12(14(23)19-3)20-13(22)11(16)10-5-7-21(8-6-10)15(17)18;;/h9-12H,4-8,16H2,1-3H3,(H3,17,18)(H,19,23)(H,20,22);2*1H/t9-,11?,12-;;/m0../s1. The van der Waals surface area contributed by atoms with Crippen LogP contribution in [0.25, 0.3) is 0 Å². The number of piperidine rings is 1. The molecule has 0 spiro atoms. The van der Waals surface area contributed by atoms with Crippen LogP contribution in [-0.2, 0) is 9.59 Å². The van der Waals surface area contributed by atoms with Gasteiger partial charge >= 0.3 is 0 Å².